The first-order valence-electron chi connectivity index (χ1n) is 13.2. The lowest BCUT2D eigenvalue weighted by Gasteiger charge is -2.31. The number of nitrogens with zero attached hydrogens (tertiary/aromatic N) is 2. The van der Waals surface area contributed by atoms with Crippen molar-refractivity contribution in [2.75, 3.05) is 6.54 Å². The van der Waals surface area contributed by atoms with Crippen molar-refractivity contribution in [3.63, 3.8) is 0 Å². The van der Waals surface area contributed by atoms with Crippen molar-refractivity contribution in [2.24, 2.45) is 0 Å². The van der Waals surface area contributed by atoms with Gasteiger partial charge >= 0.3 is 11.9 Å². The molecule has 3 atom stereocenters. The van der Waals surface area contributed by atoms with E-state index < -0.39 is 36.0 Å². The van der Waals surface area contributed by atoms with E-state index in [2.05, 4.69) is 16.4 Å². The van der Waals surface area contributed by atoms with E-state index in [4.69, 9.17) is 9.47 Å². The van der Waals surface area contributed by atoms with Crippen molar-refractivity contribution in [1.29, 1.82) is 0 Å². The van der Waals surface area contributed by atoms with Gasteiger partial charge in [-0.3, -0.25) is 19.2 Å². The standard InChI is InChI=1S/C30H33N3O6S/c1-19-9-7-10-22(15-19)16-24-18-40-26(32-24)17-31-29(36)27(38-20(2)34)28(39-21(3)35)30(37)33-14-8-13-25(33)23-11-5-4-6-12-23/h4-7,9-12,15,18,25,27-28H,8,13-14,16-17H2,1-3H3,(H,31,36)/t25?,27-,28-/m1/s1. The highest BCUT2D eigenvalue weighted by atomic mass is 32.1. The fraction of sp³-hybridized carbons (Fsp3) is 0.367. The second-order valence-electron chi connectivity index (χ2n) is 9.78. The summed E-state index contributed by atoms with van der Waals surface area (Å²) in [6.45, 7) is 4.80. The van der Waals surface area contributed by atoms with Crippen LogP contribution in [0.3, 0.4) is 0 Å². The molecule has 0 spiro atoms. The van der Waals surface area contributed by atoms with Crippen LogP contribution in [0.1, 0.15) is 60.1 Å². The molecule has 2 aromatic carbocycles. The van der Waals surface area contributed by atoms with E-state index in [1.165, 1.54) is 11.3 Å². The number of rotatable bonds is 10. The van der Waals surface area contributed by atoms with Crippen LogP contribution in [-0.4, -0.2) is 52.4 Å². The molecule has 9 nitrogen and oxygen atoms in total. The molecule has 1 unspecified atom stereocenters. The van der Waals surface area contributed by atoms with E-state index in [1.807, 2.05) is 60.8 Å². The van der Waals surface area contributed by atoms with Gasteiger partial charge in [0.2, 0.25) is 12.2 Å². The van der Waals surface area contributed by atoms with Crippen molar-refractivity contribution in [3.8, 4) is 0 Å². The number of carbonyl (C=O) groups is 4. The molecule has 1 aromatic heterocycles. The summed E-state index contributed by atoms with van der Waals surface area (Å²) in [7, 11) is 0. The SMILES string of the molecule is CC(=O)O[C@@H](C(=O)NCc1nc(Cc2cccc(C)c2)cs1)[C@@H](OC(C)=O)C(=O)N1CCCC1c1ccccc1. The van der Waals surface area contributed by atoms with Gasteiger partial charge in [-0.1, -0.05) is 60.2 Å². The number of esters is 2. The quantitative estimate of drug-likeness (QED) is 0.372. The highest BCUT2D eigenvalue weighted by Crippen LogP contribution is 2.33. The van der Waals surface area contributed by atoms with Gasteiger partial charge in [-0.2, -0.15) is 0 Å². The topological polar surface area (TPSA) is 115 Å². The molecule has 210 valence electrons. The van der Waals surface area contributed by atoms with Gasteiger partial charge in [-0.25, -0.2) is 4.98 Å². The molecule has 0 radical (unpaired) electrons. The second kappa shape index (κ2) is 13.3. The number of carbonyl (C=O) groups excluding carboxylic acids is 4. The predicted molar refractivity (Wildman–Crippen MR) is 149 cm³/mol. The van der Waals surface area contributed by atoms with E-state index in [1.54, 1.807) is 4.90 Å². The van der Waals surface area contributed by atoms with Crippen molar-refractivity contribution < 1.29 is 28.7 Å². The lowest BCUT2D eigenvalue weighted by Crippen LogP contribution is -2.53. The Labute approximate surface area is 237 Å². The molecule has 4 rings (SSSR count). The zero-order chi connectivity index (χ0) is 28.6. The molecule has 10 heteroatoms. The first kappa shape index (κ1) is 28.9. The number of nitrogens with one attached hydrogen (secondary N) is 1. The number of thiazole rings is 1. The molecule has 1 fully saturated rings. The van der Waals surface area contributed by atoms with Crippen molar-refractivity contribution >= 4 is 35.1 Å². The number of likely N-dealkylation sites (tertiary alicyclic amines) is 1. The van der Waals surface area contributed by atoms with Gasteiger partial charge < -0.3 is 19.7 Å². The number of aryl methyl sites for hydroxylation is 1. The molecule has 3 aromatic rings. The van der Waals surface area contributed by atoms with E-state index in [-0.39, 0.29) is 12.6 Å². The van der Waals surface area contributed by atoms with Gasteiger partial charge in [0.25, 0.3) is 11.8 Å². The molecule has 1 aliphatic heterocycles. The Morgan fingerprint density at radius 3 is 2.45 bits per heavy atom. The molecule has 0 aliphatic carbocycles. The Morgan fingerprint density at radius 2 is 1.75 bits per heavy atom. The monoisotopic (exact) mass is 563 g/mol. The first-order chi connectivity index (χ1) is 19.2. The lowest BCUT2D eigenvalue weighted by molar-refractivity contribution is -0.178. The molecule has 1 saturated heterocycles. The summed E-state index contributed by atoms with van der Waals surface area (Å²) in [6, 6.07) is 17.4. The Morgan fingerprint density at radius 1 is 1.02 bits per heavy atom. The van der Waals surface area contributed by atoms with E-state index >= 15 is 0 Å². The van der Waals surface area contributed by atoms with Crippen LogP contribution in [0.4, 0.5) is 0 Å². The first-order valence-corrected chi connectivity index (χ1v) is 14.1. The normalized spacial score (nSPS) is 16.2. The van der Waals surface area contributed by atoms with E-state index in [0.717, 1.165) is 49.1 Å². The number of benzene rings is 2. The molecular formula is C30H33N3O6S. The minimum Gasteiger partial charge on any atom is -0.448 e. The lowest BCUT2D eigenvalue weighted by atomic mass is 10.0. The second-order valence-corrected chi connectivity index (χ2v) is 10.7. The molecule has 2 heterocycles. The molecule has 0 bridgehead atoms. The molecular weight excluding hydrogens is 530 g/mol. The third-order valence-electron chi connectivity index (χ3n) is 6.56. The van der Waals surface area contributed by atoms with Gasteiger partial charge in [0, 0.05) is 32.2 Å². The van der Waals surface area contributed by atoms with Gasteiger partial charge in [0.05, 0.1) is 18.3 Å². The molecule has 1 aliphatic rings. The fourth-order valence-electron chi connectivity index (χ4n) is 4.87. The molecule has 1 N–H and O–H groups in total. The zero-order valence-corrected chi connectivity index (χ0v) is 23.6. The summed E-state index contributed by atoms with van der Waals surface area (Å²) >= 11 is 1.39. The Kier molecular flexibility index (Phi) is 9.65. The summed E-state index contributed by atoms with van der Waals surface area (Å²) < 4.78 is 10.6. The van der Waals surface area contributed by atoms with Crippen molar-refractivity contribution in [2.45, 2.75) is 64.8 Å². The largest absolute Gasteiger partial charge is 0.448 e. The van der Waals surface area contributed by atoms with Crippen LogP contribution >= 0.6 is 11.3 Å². The van der Waals surface area contributed by atoms with Gasteiger partial charge in [0.1, 0.15) is 5.01 Å². The van der Waals surface area contributed by atoms with Gasteiger partial charge in [-0.15, -0.1) is 11.3 Å². The van der Waals surface area contributed by atoms with E-state index in [9.17, 15) is 19.2 Å². The minimum atomic E-state index is -1.65. The van der Waals surface area contributed by atoms with Crippen molar-refractivity contribution in [1.82, 2.24) is 15.2 Å². The number of hydrogen-bond donors (Lipinski definition) is 1. The number of aromatic nitrogens is 1. The summed E-state index contributed by atoms with van der Waals surface area (Å²) in [6.07, 6.45) is -1.15. The third kappa shape index (κ3) is 7.53. The highest BCUT2D eigenvalue weighted by molar-refractivity contribution is 7.09. The maximum atomic E-state index is 13.7. The average Bonchev–Trinajstić information content (AvgIpc) is 3.59. The summed E-state index contributed by atoms with van der Waals surface area (Å²) in [5.41, 5.74) is 4.10. The minimum absolute atomic E-state index is 0.0619. The Hall–Kier alpha value is -4.05. The zero-order valence-electron chi connectivity index (χ0n) is 22.8. The average molecular weight is 564 g/mol. The number of hydrogen-bond acceptors (Lipinski definition) is 8. The summed E-state index contributed by atoms with van der Waals surface area (Å²) in [5.74, 6) is -2.88. The van der Waals surface area contributed by atoms with E-state index in [0.29, 0.717) is 18.0 Å². The maximum absolute atomic E-state index is 13.7. The van der Waals surface area contributed by atoms with Crippen LogP contribution in [0.5, 0.6) is 0 Å². The Bertz CT molecular complexity index is 1360. The smallest absolute Gasteiger partial charge is 0.303 e. The fourth-order valence-corrected chi connectivity index (χ4v) is 5.61. The van der Waals surface area contributed by atoms with Gasteiger partial charge in [0.15, 0.2) is 0 Å². The van der Waals surface area contributed by atoms with Crippen molar-refractivity contribution in [3.05, 3.63) is 87.4 Å². The summed E-state index contributed by atoms with van der Waals surface area (Å²) in [4.78, 5) is 57.2. The van der Waals surface area contributed by atoms with Crippen LogP contribution in [0.2, 0.25) is 0 Å². The number of ether oxygens (including phenoxy) is 2. The molecule has 40 heavy (non-hydrogen) atoms. The summed E-state index contributed by atoms with van der Waals surface area (Å²) in [5, 5.41) is 5.28. The van der Waals surface area contributed by atoms with Crippen LogP contribution in [0, 0.1) is 6.92 Å². The number of amides is 2. The third-order valence-corrected chi connectivity index (χ3v) is 7.46. The molecule has 2 amide bonds. The maximum Gasteiger partial charge on any atom is 0.303 e. The van der Waals surface area contributed by atoms with Crippen LogP contribution in [0.25, 0.3) is 0 Å². The molecule has 0 saturated carbocycles. The highest BCUT2D eigenvalue weighted by Gasteiger charge is 2.44. The van der Waals surface area contributed by atoms with Gasteiger partial charge in [-0.05, 0) is 30.9 Å². The van der Waals surface area contributed by atoms with Crippen LogP contribution in [-0.2, 0) is 41.6 Å². The Balaban J connectivity index is 1.48. The van der Waals surface area contributed by atoms with Crippen LogP contribution in [0.15, 0.2) is 60.0 Å². The van der Waals surface area contributed by atoms with Crippen LogP contribution < -0.4 is 5.32 Å². The predicted octanol–water partition coefficient (Wildman–Crippen LogP) is 3.89.